The van der Waals surface area contributed by atoms with Gasteiger partial charge in [-0.25, -0.2) is 9.18 Å². The van der Waals surface area contributed by atoms with Crippen LogP contribution in [0.2, 0.25) is 0 Å². The number of halogens is 1. The predicted molar refractivity (Wildman–Crippen MR) is 84.6 cm³/mol. The first-order chi connectivity index (χ1) is 10.5. The summed E-state index contributed by atoms with van der Waals surface area (Å²) >= 11 is 4.65. The highest BCUT2D eigenvalue weighted by atomic mass is 32.1. The van der Waals surface area contributed by atoms with Crippen molar-refractivity contribution in [3.8, 4) is 5.69 Å². The van der Waals surface area contributed by atoms with E-state index in [0.29, 0.717) is 11.4 Å². The Bertz CT molecular complexity index is 725. The third kappa shape index (κ3) is 3.47. The Labute approximate surface area is 131 Å². The molecule has 1 aromatic heterocycles. The Kier molecular flexibility index (Phi) is 4.84. The van der Waals surface area contributed by atoms with Crippen LogP contribution < -0.4 is 11.2 Å². The second kappa shape index (κ2) is 6.81. The zero-order chi connectivity index (χ0) is 16.1. The fraction of sp³-hybridized carbons (Fsp3) is 0.0714. The van der Waals surface area contributed by atoms with Gasteiger partial charge in [0, 0.05) is 5.69 Å². The van der Waals surface area contributed by atoms with E-state index in [4.69, 9.17) is 10.5 Å². The molecule has 1 heterocycles. The molecule has 0 aliphatic heterocycles. The van der Waals surface area contributed by atoms with E-state index in [1.807, 2.05) is 0 Å². The van der Waals surface area contributed by atoms with Crippen LogP contribution in [0.3, 0.4) is 0 Å². The first kappa shape index (κ1) is 15.6. The third-order valence-corrected chi connectivity index (χ3v) is 2.85. The van der Waals surface area contributed by atoms with Gasteiger partial charge < -0.3 is 15.0 Å². The van der Waals surface area contributed by atoms with Gasteiger partial charge in [0.2, 0.25) is 0 Å². The zero-order valence-corrected chi connectivity index (χ0v) is 12.4. The Morgan fingerprint density at radius 2 is 2.05 bits per heavy atom. The smallest absolute Gasteiger partial charge is 0.355 e. The highest BCUT2D eigenvalue weighted by molar-refractivity contribution is 7.80. The fourth-order valence-electron chi connectivity index (χ4n) is 1.86. The molecule has 22 heavy (non-hydrogen) atoms. The van der Waals surface area contributed by atoms with Crippen LogP contribution >= 0.6 is 12.2 Å². The van der Waals surface area contributed by atoms with E-state index in [1.165, 1.54) is 25.5 Å². The molecular weight excluding hydrogens is 307 g/mol. The van der Waals surface area contributed by atoms with Crippen molar-refractivity contribution < 1.29 is 13.9 Å². The molecule has 0 unspecified atom stereocenters. The van der Waals surface area contributed by atoms with Crippen molar-refractivity contribution in [3.05, 3.63) is 53.6 Å². The molecule has 0 spiro atoms. The molecule has 0 saturated carbocycles. The number of hydrogen-bond acceptors (Lipinski definition) is 4. The molecule has 0 saturated heterocycles. The van der Waals surface area contributed by atoms with Crippen LogP contribution in [-0.2, 0) is 4.74 Å². The summed E-state index contributed by atoms with van der Waals surface area (Å²) < 4.78 is 19.4. The van der Waals surface area contributed by atoms with Crippen LogP contribution in [0.15, 0.2) is 41.5 Å². The number of nitrogens with two attached hydrogens (primary N) is 1. The highest BCUT2D eigenvalue weighted by Gasteiger charge is 2.16. The number of benzene rings is 1. The van der Waals surface area contributed by atoms with Crippen molar-refractivity contribution in [1.29, 1.82) is 0 Å². The first-order valence-electron chi connectivity index (χ1n) is 6.17. The van der Waals surface area contributed by atoms with Gasteiger partial charge in [-0.3, -0.25) is 5.43 Å². The van der Waals surface area contributed by atoms with Crippen LogP contribution in [0.1, 0.15) is 16.2 Å². The second-order valence-electron chi connectivity index (χ2n) is 4.18. The predicted octanol–water partition coefficient (Wildman–Crippen LogP) is 1.57. The third-order valence-electron chi connectivity index (χ3n) is 2.76. The average molecular weight is 320 g/mol. The van der Waals surface area contributed by atoms with Crippen LogP contribution in [0.25, 0.3) is 5.69 Å². The molecule has 0 fully saturated rings. The molecule has 0 amide bonds. The van der Waals surface area contributed by atoms with E-state index in [9.17, 15) is 9.18 Å². The number of nitrogens with zero attached hydrogens (tertiary/aromatic N) is 2. The minimum atomic E-state index is -0.522. The van der Waals surface area contributed by atoms with Gasteiger partial charge in [0.1, 0.15) is 11.5 Å². The summed E-state index contributed by atoms with van der Waals surface area (Å²) in [5.74, 6) is -0.896. The molecule has 2 rings (SSSR count). The Morgan fingerprint density at radius 3 is 2.64 bits per heavy atom. The summed E-state index contributed by atoms with van der Waals surface area (Å²) in [4.78, 5) is 11.9. The van der Waals surface area contributed by atoms with Gasteiger partial charge in [0.25, 0.3) is 0 Å². The fourth-order valence-corrected chi connectivity index (χ4v) is 1.91. The maximum Gasteiger partial charge on any atom is 0.355 e. The number of aromatic nitrogens is 1. The maximum atomic E-state index is 13.1. The highest BCUT2D eigenvalue weighted by Crippen LogP contribution is 2.17. The molecule has 114 valence electrons. The van der Waals surface area contributed by atoms with Gasteiger partial charge >= 0.3 is 5.97 Å². The van der Waals surface area contributed by atoms with Crippen molar-refractivity contribution in [2.45, 2.75) is 0 Å². The Balaban J connectivity index is 2.48. The minimum Gasteiger partial charge on any atom is -0.464 e. The van der Waals surface area contributed by atoms with Gasteiger partial charge in [-0.05, 0) is 48.6 Å². The van der Waals surface area contributed by atoms with Crippen LogP contribution in [0.5, 0.6) is 0 Å². The summed E-state index contributed by atoms with van der Waals surface area (Å²) in [6.45, 7) is 0. The van der Waals surface area contributed by atoms with Crippen LogP contribution in [-0.4, -0.2) is 29.0 Å². The van der Waals surface area contributed by atoms with E-state index in [0.717, 1.165) is 0 Å². The number of carbonyl (C=O) groups excluding carboxylic acids is 1. The lowest BCUT2D eigenvalue weighted by atomic mass is 10.3. The van der Waals surface area contributed by atoms with Crippen molar-refractivity contribution in [3.63, 3.8) is 0 Å². The van der Waals surface area contributed by atoms with Gasteiger partial charge in [-0.1, -0.05) is 0 Å². The van der Waals surface area contributed by atoms with Gasteiger partial charge in [-0.15, -0.1) is 0 Å². The molecule has 6 nitrogen and oxygen atoms in total. The number of rotatable bonds is 4. The van der Waals surface area contributed by atoms with E-state index < -0.39 is 5.97 Å². The first-order valence-corrected chi connectivity index (χ1v) is 6.58. The lowest BCUT2D eigenvalue weighted by Gasteiger charge is -2.10. The van der Waals surface area contributed by atoms with Crippen LogP contribution in [0, 0.1) is 5.82 Å². The summed E-state index contributed by atoms with van der Waals surface area (Å²) in [7, 11) is 1.28. The molecule has 8 heteroatoms. The quantitative estimate of drug-likeness (QED) is 0.387. The topological polar surface area (TPSA) is 81.6 Å². The van der Waals surface area contributed by atoms with Crippen molar-refractivity contribution in [2.24, 2.45) is 10.8 Å². The summed E-state index contributed by atoms with van der Waals surface area (Å²) in [5.41, 5.74) is 9.14. The number of hydrogen-bond donors (Lipinski definition) is 2. The van der Waals surface area contributed by atoms with Gasteiger partial charge in [-0.2, -0.15) is 5.10 Å². The van der Waals surface area contributed by atoms with E-state index >= 15 is 0 Å². The van der Waals surface area contributed by atoms with Gasteiger partial charge in [0.05, 0.1) is 19.0 Å². The normalized spacial score (nSPS) is 10.6. The molecule has 0 aliphatic rings. The van der Waals surface area contributed by atoms with E-state index in [2.05, 4.69) is 22.7 Å². The van der Waals surface area contributed by atoms with Gasteiger partial charge in [0.15, 0.2) is 5.11 Å². The molecule has 0 bridgehead atoms. The minimum absolute atomic E-state index is 0.0179. The number of esters is 1. The molecule has 0 atom stereocenters. The summed E-state index contributed by atoms with van der Waals surface area (Å²) in [5, 5.41) is 3.87. The number of thiocarbonyl (C=S) groups is 1. The standard InChI is InChI=1S/C14H13FN4O2S/c1-21-13(20)12-7-6-11(8-17-18-14(16)22)19(12)10-4-2-9(15)3-5-10/h2-8H,1H3,(H3,16,18,22)/b17-8+. The number of carbonyl (C=O) groups is 1. The van der Waals surface area contributed by atoms with Crippen molar-refractivity contribution in [2.75, 3.05) is 7.11 Å². The lowest BCUT2D eigenvalue weighted by molar-refractivity contribution is 0.0591. The maximum absolute atomic E-state index is 13.1. The molecule has 0 aliphatic carbocycles. The molecule has 3 N–H and O–H groups in total. The summed E-state index contributed by atoms with van der Waals surface area (Å²) in [6, 6.07) is 8.92. The number of hydrazone groups is 1. The van der Waals surface area contributed by atoms with E-state index in [1.54, 1.807) is 28.8 Å². The Hall–Kier alpha value is -2.74. The number of methoxy groups -OCH3 is 1. The average Bonchev–Trinajstić information content (AvgIpc) is 2.91. The Morgan fingerprint density at radius 1 is 1.36 bits per heavy atom. The molecule has 1 aromatic carbocycles. The second-order valence-corrected chi connectivity index (χ2v) is 4.62. The number of ether oxygens (including phenoxy) is 1. The van der Waals surface area contributed by atoms with Crippen molar-refractivity contribution in [1.82, 2.24) is 9.99 Å². The molecular formula is C14H13FN4O2S. The molecule has 0 radical (unpaired) electrons. The van der Waals surface area contributed by atoms with Crippen LogP contribution in [0.4, 0.5) is 4.39 Å². The lowest BCUT2D eigenvalue weighted by Crippen LogP contribution is -2.24. The summed E-state index contributed by atoms with van der Waals surface area (Å²) in [6.07, 6.45) is 1.44. The zero-order valence-electron chi connectivity index (χ0n) is 11.6. The SMILES string of the molecule is COC(=O)c1ccc(/C=N/NC(N)=S)n1-c1ccc(F)cc1. The largest absolute Gasteiger partial charge is 0.464 e. The number of nitrogens with one attached hydrogen (secondary N) is 1. The van der Waals surface area contributed by atoms with Crippen molar-refractivity contribution >= 4 is 29.5 Å². The van der Waals surface area contributed by atoms with E-state index in [-0.39, 0.29) is 16.6 Å². The molecule has 2 aromatic rings. The monoisotopic (exact) mass is 320 g/mol.